The van der Waals surface area contributed by atoms with Crippen molar-refractivity contribution in [2.24, 2.45) is 0 Å². The average molecular weight is 341 g/mol. The van der Waals surface area contributed by atoms with E-state index in [1.54, 1.807) is 10.7 Å². The lowest BCUT2D eigenvalue weighted by Gasteiger charge is -2.34. The zero-order valence-corrected chi connectivity index (χ0v) is 15.0. The summed E-state index contributed by atoms with van der Waals surface area (Å²) in [5.74, 6) is -1.33. The molecule has 132 valence electrons. The molecule has 6 heteroatoms. The SMILES string of the molecule is Cc1cc(C(=O)N2Cc3ccccc3C[C@H]2C(=O)O)nn1C(C)(C)C. The van der Waals surface area contributed by atoms with E-state index in [4.69, 9.17) is 0 Å². The average Bonchev–Trinajstić information content (AvgIpc) is 2.95. The highest BCUT2D eigenvalue weighted by atomic mass is 16.4. The number of carbonyl (C=O) groups excluding carboxylic acids is 1. The summed E-state index contributed by atoms with van der Waals surface area (Å²) >= 11 is 0. The molecule has 1 aromatic heterocycles. The number of amides is 1. The Kier molecular flexibility index (Phi) is 4.14. The number of hydrogen-bond acceptors (Lipinski definition) is 3. The molecule has 0 unspecified atom stereocenters. The van der Waals surface area contributed by atoms with Crippen LogP contribution in [0.5, 0.6) is 0 Å². The van der Waals surface area contributed by atoms with Crippen molar-refractivity contribution in [3.63, 3.8) is 0 Å². The van der Waals surface area contributed by atoms with Gasteiger partial charge in [0, 0.05) is 18.7 Å². The lowest BCUT2D eigenvalue weighted by molar-refractivity contribution is -0.142. The van der Waals surface area contributed by atoms with Crippen molar-refractivity contribution in [3.8, 4) is 0 Å². The van der Waals surface area contributed by atoms with Crippen LogP contribution in [0, 0.1) is 6.92 Å². The maximum atomic E-state index is 13.0. The second kappa shape index (κ2) is 6.02. The van der Waals surface area contributed by atoms with Gasteiger partial charge in [-0.25, -0.2) is 4.79 Å². The van der Waals surface area contributed by atoms with Crippen LogP contribution in [0.25, 0.3) is 0 Å². The first-order valence-corrected chi connectivity index (χ1v) is 8.36. The van der Waals surface area contributed by atoms with E-state index in [1.807, 2.05) is 52.0 Å². The summed E-state index contributed by atoms with van der Waals surface area (Å²) in [4.78, 5) is 26.1. The fourth-order valence-electron chi connectivity index (χ4n) is 3.36. The molecule has 6 nitrogen and oxygen atoms in total. The highest BCUT2D eigenvalue weighted by molar-refractivity contribution is 5.95. The van der Waals surface area contributed by atoms with E-state index in [0.29, 0.717) is 6.42 Å². The van der Waals surface area contributed by atoms with Crippen LogP contribution in [0.3, 0.4) is 0 Å². The minimum absolute atomic E-state index is 0.247. The summed E-state index contributed by atoms with van der Waals surface area (Å²) in [5, 5.41) is 14.0. The summed E-state index contributed by atoms with van der Waals surface area (Å²) in [6.07, 6.45) is 0.316. The van der Waals surface area contributed by atoms with Crippen molar-refractivity contribution in [2.75, 3.05) is 0 Å². The highest BCUT2D eigenvalue weighted by Gasteiger charge is 2.36. The molecule has 0 fully saturated rings. The molecular formula is C19H23N3O3. The minimum Gasteiger partial charge on any atom is -0.480 e. The Morgan fingerprint density at radius 2 is 1.84 bits per heavy atom. The molecular weight excluding hydrogens is 318 g/mol. The molecule has 1 aliphatic heterocycles. The molecule has 1 amide bonds. The molecule has 1 N–H and O–H groups in total. The first-order chi connectivity index (χ1) is 11.7. The number of aryl methyl sites for hydroxylation is 1. The van der Waals surface area contributed by atoms with Gasteiger partial charge in [-0.2, -0.15) is 5.10 Å². The fourth-order valence-corrected chi connectivity index (χ4v) is 3.36. The van der Waals surface area contributed by atoms with Crippen LogP contribution >= 0.6 is 0 Å². The second-order valence-electron chi connectivity index (χ2n) is 7.51. The Morgan fingerprint density at radius 1 is 1.20 bits per heavy atom. The number of aromatic nitrogens is 2. The summed E-state index contributed by atoms with van der Waals surface area (Å²) in [7, 11) is 0. The van der Waals surface area contributed by atoms with Gasteiger partial charge in [-0.05, 0) is 44.9 Å². The number of rotatable bonds is 2. The van der Waals surface area contributed by atoms with Gasteiger partial charge < -0.3 is 10.0 Å². The minimum atomic E-state index is -0.991. The Morgan fingerprint density at radius 3 is 2.40 bits per heavy atom. The molecule has 0 spiro atoms. The number of fused-ring (bicyclic) bond motifs is 1. The van der Waals surface area contributed by atoms with Crippen molar-refractivity contribution in [3.05, 3.63) is 52.8 Å². The van der Waals surface area contributed by atoms with E-state index >= 15 is 0 Å². The number of aliphatic carboxylic acids is 1. The third kappa shape index (κ3) is 3.16. The van der Waals surface area contributed by atoms with Gasteiger partial charge in [0.15, 0.2) is 5.69 Å². The van der Waals surface area contributed by atoms with E-state index in [9.17, 15) is 14.7 Å². The Hall–Kier alpha value is -2.63. The van der Waals surface area contributed by atoms with Gasteiger partial charge in [0.25, 0.3) is 5.91 Å². The first-order valence-electron chi connectivity index (χ1n) is 8.36. The summed E-state index contributed by atoms with van der Waals surface area (Å²) in [6, 6.07) is 8.51. The van der Waals surface area contributed by atoms with Crippen LogP contribution in [-0.2, 0) is 23.3 Å². The van der Waals surface area contributed by atoms with E-state index in [1.165, 1.54) is 4.90 Å². The molecule has 1 aliphatic rings. The van der Waals surface area contributed by atoms with Crippen molar-refractivity contribution < 1.29 is 14.7 Å². The number of nitrogens with zero attached hydrogens (tertiary/aromatic N) is 3. The predicted molar refractivity (Wildman–Crippen MR) is 93.4 cm³/mol. The molecule has 0 aliphatic carbocycles. The number of hydrogen-bond donors (Lipinski definition) is 1. The first kappa shape index (κ1) is 17.2. The zero-order chi connectivity index (χ0) is 18.4. The van der Waals surface area contributed by atoms with Crippen LogP contribution in [0.2, 0.25) is 0 Å². The smallest absolute Gasteiger partial charge is 0.326 e. The van der Waals surface area contributed by atoms with Crippen LogP contribution in [0.1, 0.15) is 48.1 Å². The monoisotopic (exact) mass is 341 g/mol. The van der Waals surface area contributed by atoms with E-state index in [-0.39, 0.29) is 23.7 Å². The quantitative estimate of drug-likeness (QED) is 0.911. The van der Waals surface area contributed by atoms with Crippen molar-refractivity contribution >= 4 is 11.9 Å². The molecule has 2 heterocycles. The van der Waals surface area contributed by atoms with Crippen LogP contribution in [0.15, 0.2) is 30.3 Å². The number of carbonyl (C=O) groups is 2. The third-order valence-electron chi connectivity index (χ3n) is 4.54. The Labute approximate surface area is 147 Å². The van der Waals surface area contributed by atoms with Crippen LogP contribution in [0.4, 0.5) is 0 Å². The number of carboxylic acid groups (broad SMARTS) is 1. The molecule has 0 saturated carbocycles. The summed E-state index contributed by atoms with van der Waals surface area (Å²) < 4.78 is 1.80. The van der Waals surface area contributed by atoms with Crippen LogP contribution < -0.4 is 0 Å². The van der Waals surface area contributed by atoms with Gasteiger partial charge >= 0.3 is 5.97 Å². The van der Waals surface area contributed by atoms with E-state index < -0.39 is 12.0 Å². The number of benzene rings is 1. The topological polar surface area (TPSA) is 75.4 Å². The van der Waals surface area contributed by atoms with Crippen LogP contribution in [-0.4, -0.2) is 37.7 Å². The molecule has 25 heavy (non-hydrogen) atoms. The molecule has 0 bridgehead atoms. The van der Waals surface area contributed by atoms with E-state index in [0.717, 1.165) is 16.8 Å². The zero-order valence-electron chi connectivity index (χ0n) is 15.0. The maximum Gasteiger partial charge on any atom is 0.326 e. The van der Waals surface area contributed by atoms with E-state index in [2.05, 4.69) is 5.10 Å². The van der Waals surface area contributed by atoms with Gasteiger partial charge in [0.05, 0.1) is 5.54 Å². The van der Waals surface area contributed by atoms with Gasteiger partial charge in [-0.3, -0.25) is 9.48 Å². The summed E-state index contributed by atoms with van der Waals surface area (Å²) in [5.41, 5.74) is 2.89. The Balaban J connectivity index is 1.97. The maximum absolute atomic E-state index is 13.0. The molecule has 1 atom stereocenters. The van der Waals surface area contributed by atoms with Crippen molar-refractivity contribution in [1.82, 2.24) is 14.7 Å². The summed E-state index contributed by atoms with van der Waals surface area (Å²) in [6.45, 7) is 8.22. The molecule has 3 rings (SSSR count). The molecule has 1 aromatic carbocycles. The largest absolute Gasteiger partial charge is 0.480 e. The second-order valence-corrected chi connectivity index (χ2v) is 7.51. The fraction of sp³-hybridized carbons (Fsp3) is 0.421. The molecule has 2 aromatic rings. The van der Waals surface area contributed by atoms with Gasteiger partial charge in [0.1, 0.15) is 6.04 Å². The number of carboxylic acids is 1. The standard InChI is InChI=1S/C19H23N3O3/c1-12-9-15(20-22(12)19(2,3)4)17(23)21-11-14-8-6-5-7-13(14)10-16(21)18(24)25/h5-9,16H,10-11H2,1-4H3,(H,24,25)/t16-/m0/s1. The van der Waals surface area contributed by atoms with Gasteiger partial charge in [-0.15, -0.1) is 0 Å². The third-order valence-corrected chi connectivity index (χ3v) is 4.54. The Bertz CT molecular complexity index is 833. The predicted octanol–water partition coefficient (Wildman–Crippen LogP) is 2.60. The molecule has 0 radical (unpaired) electrons. The lowest BCUT2D eigenvalue weighted by Crippen LogP contribution is -2.48. The van der Waals surface area contributed by atoms with Crippen molar-refractivity contribution in [1.29, 1.82) is 0 Å². The van der Waals surface area contributed by atoms with Gasteiger partial charge in [0.2, 0.25) is 0 Å². The normalized spacial score (nSPS) is 17.3. The lowest BCUT2D eigenvalue weighted by atomic mass is 9.93. The highest BCUT2D eigenvalue weighted by Crippen LogP contribution is 2.26. The molecule has 0 saturated heterocycles. The van der Waals surface area contributed by atoms with Gasteiger partial charge in [-0.1, -0.05) is 24.3 Å². The van der Waals surface area contributed by atoms with Crippen molar-refractivity contribution in [2.45, 2.75) is 52.2 Å².